The van der Waals surface area contributed by atoms with Crippen molar-refractivity contribution in [3.8, 4) is 0 Å². The summed E-state index contributed by atoms with van der Waals surface area (Å²) in [6.45, 7) is 2.16. The van der Waals surface area contributed by atoms with Gasteiger partial charge in [-0.1, -0.05) is 72.3 Å². The molecule has 5 aromatic carbocycles. The molecule has 0 heterocycles. The molecular formula is C23H16. The van der Waals surface area contributed by atoms with Crippen molar-refractivity contribution in [3.63, 3.8) is 0 Å². The van der Waals surface area contributed by atoms with E-state index < -0.39 is 0 Å². The van der Waals surface area contributed by atoms with Crippen molar-refractivity contribution in [2.24, 2.45) is 0 Å². The van der Waals surface area contributed by atoms with Gasteiger partial charge in [-0.15, -0.1) is 0 Å². The fraction of sp³-hybridized carbons (Fsp3) is 0.0435. The monoisotopic (exact) mass is 292 g/mol. The summed E-state index contributed by atoms with van der Waals surface area (Å²) in [5, 5.41) is 10.6. The van der Waals surface area contributed by atoms with E-state index in [1.807, 2.05) is 0 Å². The molecule has 0 amide bonds. The Hall–Kier alpha value is -2.86. The molecule has 0 N–H and O–H groups in total. The van der Waals surface area contributed by atoms with Crippen LogP contribution < -0.4 is 0 Å². The topological polar surface area (TPSA) is 0 Å². The van der Waals surface area contributed by atoms with Gasteiger partial charge in [0.25, 0.3) is 0 Å². The molecule has 0 bridgehead atoms. The van der Waals surface area contributed by atoms with Gasteiger partial charge in [-0.3, -0.25) is 0 Å². The Morgan fingerprint density at radius 3 is 1.74 bits per heavy atom. The van der Waals surface area contributed by atoms with E-state index in [-0.39, 0.29) is 0 Å². The van der Waals surface area contributed by atoms with Crippen LogP contribution in [-0.4, -0.2) is 0 Å². The Bertz CT molecular complexity index is 1210. The smallest absolute Gasteiger partial charge is 0.00989 e. The summed E-state index contributed by atoms with van der Waals surface area (Å²) < 4.78 is 0. The highest BCUT2D eigenvalue weighted by molar-refractivity contribution is 6.17. The summed E-state index contributed by atoms with van der Waals surface area (Å²) in [4.78, 5) is 0. The molecule has 108 valence electrons. The lowest BCUT2D eigenvalue weighted by atomic mass is 9.95. The van der Waals surface area contributed by atoms with Crippen molar-refractivity contribution < 1.29 is 0 Å². The van der Waals surface area contributed by atoms with E-state index in [0.717, 1.165) is 0 Å². The minimum absolute atomic E-state index is 1.30. The van der Waals surface area contributed by atoms with Crippen LogP contribution in [0.15, 0.2) is 78.9 Å². The molecule has 0 aromatic heterocycles. The van der Waals surface area contributed by atoms with Crippen LogP contribution in [0, 0.1) is 6.92 Å². The second-order valence-corrected chi connectivity index (χ2v) is 6.37. The fourth-order valence-corrected chi connectivity index (χ4v) is 3.67. The van der Waals surface area contributed by atoms with Gasteiger partial charge in [0.1, 0.15) is 0 Å². The van der Waals surface area contributed by atoms with E-state index in [4.69, 9.17) is 0 Å². The van der Waals surface area contributed by atoms with Crippen molar-refractivity contribution >= 4 is 43.1 Å². The molecule has 5 rings (SSSR count). The van der Waals surface area contributed by atoms with Gasteiger partial charge in [-0.2, -0.15) is 0 Å². The lowest BCUT2D eigenvalue weighted by Crippen LogP contribution is -1.82. The number of rotatable bonds is 0. The average Bonchev–Trinajstić information content (AvgIpc) is 2.60. The number of aryl methyl sites for hydroxylation is 1. The average molecular weight is 292 g/mol. The number of hydrogen-bond acceptors (Lipinski definition) is 0. The number of hydrogen-bond donors (Lipinski definition) is 0. The van der Waals surface area contributed by atoms with Crippen molar-refractivity contribution in [1.29, 1.82) is 0 Å². The second-order valence-electron chi connectivity index (χ2n) is 6.37. The van der Waals surface area contributed by atoms with Gasteiger partial charge in [0.2, 0.25) is 0 Å². The second kappa shape index (κ2) is 4.57. The van der Waals surface area contributed by atoms with E-state index in [9.17, 15) is 0 Å². The van der Waals surface area contributed by atoms with Crippen LogP contribution in [0.4, 0.5) is 0 Å². The molecule has 0 radical (unpaired) electrons. The highest BCUT2D eigenvalue weighted by atomic mass is 14.1. The summed E-state index contributed by atoms with van der Waals surface area (Å²) in [6.07, 6.45) is 0. The Kier molecular flexibility index (Phi) is 2.51. The van der Waals surface area contributed by atoms with Gasteiger partial charge in [-0.25, -0.2) is 0 Å². The summed E-state index contributed by atoms with van der Waals surface area (Å²) in [5.74, 6) is 0. The van der Waals surface area contributed by atoms with Gasteiger partial charge in [0.05, 0.1) is 0 Å². The normalized spacial score (nSPS) is 11.7. The first-order chi connectivity index (χ1) is 11.3. The fourth-order valence-electron chi connectivity index (χ4n) is 3.67. The molecule has 0 aliphatic rings. The number of fused-ring (bicyclic) bond motifs is 6. The third kappa shape index (κ3) is 1.85. The van der Waals surface area contributed by atoms with Gasteiger partial charge in [-0.05, 0) is 62.1 Å². The largest absolute Gasteiger partial charge is 0.0616 e. The molecule has 5 aromatic rings. The zero-order chi connectivity index (χ0) is 15.4. The zero-order valence-electron chi connectivity index (χ0n) is 13.0. The van der Waals surface area contributed by atoms with Crippen molar-refractivity contribution in [3.05, 3.63) is 84.4 Å². The first-order valence-corrected chi connectivity index (χ1v) is 8.04. The minimum Gasteiger partial charge on any atom is -0.0616 e. The van der Waals surface area contributed by atoms with Crippen LogP contribution in [0.25, 0.3) is 43.1 Å². The lowest BCUT2D eigenvalue weighted by molar-refractivity contribution is 1.51. The molecule has 0 aliphatic carbocycles. The molecule has 0 atom stereocenters. The third-order valence-corrected chi connectivity index (χ3v) is 4.86. The highest BCUT2D eigenvalue weighted by Crippen LogP contribution is 2.33. The van der Waals surface area contributed by atoms with Crippen molar-refractivity contribution in [2.45, 2.75) is 6.92 Å². The Labute approximate surface area is 135 Å². The first-order valence-electron chi connectivity index (χ1n) is 8.04. The number of benzene rings is 5. The van der Waals surface area contributed by atoms with E-state index >= 15 is 0 Å². The zero-order valence-corrected chi connectivity index (χ0v) is 13.0. The molecule has 0 saturated carbocycles. The van der Waals surface area contributed by atoms with Crippen molar-refractivity contribution in [2.75, 3.05) is 0 Å². The van der Waals surface area contributed by atoms with Gasteiger partial charge in [0, 0.05) is 0 Å². The SMILES string of the molecule is Cc1ccc2ccc3cc4c(ccc5ccccc54)cc3c2c1. The Morgan fingerprint density at radius 1 is 0.435 bits per heavy atom. The first kappa shape index (κ1) is 12.7. The quantitative estimate of drug-likeness (QED) is 0.222. The van der Waals surface area contributed by atoms with Gasteiger partial charge < -0.3 is 0 Å². The van der Waals surface area contributed by atoms with E-state index in [0.29, 0.717) is 0 Å². The molecule has 0 saturated heterocycles. The summed E-state index contributed by atoms with van der Waals surface area (Å²) in [7, 11) is 0. The van der Waals surface area contributed by atoms with Crippen molar-refractivity contribution in [1.82, 2.24) is 0 Å². The molecule has 0 aliphatic heterocycles. The Balaban J connectivity index is 2.00. The lowest BCUT2D eigenvalue weighted by Gasteiger charge is -2.09. The molecule has 0 heteroatoms. The molecule has 0 spiro atoms. The van der Waals surface area contributed by atoms with E-state index in [2.05, 4.69) is 85.8 Å². The summed E-state index contributed by atoms with van der Waals surface area (Å²) in [6, 6.07) is 28.9. The van der Waals surface area contributed by atoms with Crippen LogP contribution in [0.5, 0.6) is 0 Å². The standard InChI is InChI=1S/C23H16/c1-15-6-7-17-9-11-19-13-22-18(14-23(19)21(17)12-15)10-8-16-4-2-3-5-20(16)22/h2-14H,1H3. The minimum atomic E-state index is 1.30. The van der Waals surface area contributed by atoms with Crippen LogP contribution in [0.3, 0.4) is 0 Å². The van der Waals surface area contributed by atoms with E-state index in [1.165, 1.54) is 48.7 Å². The van der Waals surface area contributed by atoms with E-state index in [1.54, 1.807) is 0 Å². The predicted octanol–water partition coefficient (Wildman–Crippen LogP) is 6.61. The maximum Gasteiger partial charge on any atom is -0.00989 e. The maximum atomic E-state index is 2.35. The van der Waals surface area contributed by atoms with Crippen LogP contribution in [-0.2, 0) is 0 Å². The summed E-state index contributed by atoms with van der Waals surface area (Å²) in [5.41, 5.74) is 1.31. The maximum absolute atomic E-state index is 2.35. The molecule has 0 unspecified atom stereocenters. The predicted molar refractivity (Wildman–Crippen MR) is 101 cm³/mol. The van der Waals surface area contributed by atoms with Crippen LogP contribution >= 0.6 is 0 Å². The Morgan fingerprint density at radius 2 is 0.957 bits per heavy atom. The van der Waals surface area contributed by atoms with Gasteiger partial charge in [0.15, 0.2) is 0 Å². The van der Waals surface area contributed by atoms with Crippen LogP contribution in [0.2, 0.25) is 0 Å². The molecule has 23 heavy (non-hydrogen) atoms. The third-order valence-electron chi connectivity index (χ3n) is 4.86. The van der Waals surface area contributed by atoms with Crippen LogP contribution in [0.1, 0.15) is 5.56 Å². The molecule has 0 nitrogen and oxygen atoms in total. The highest BCUT2D eigenvalue weighted by Gasteiger charge is 2.05. The molecular weight excluding hydrogens is 276 g/mol. The summed E-state index contributed by atoms with van der Waals surface area (Å²) >= 11 is 0. The molecule has 0 fully saturated rings. The van der Waals surface area contributed by atoms with Gasteiger partial charge >= 0.3 is 0 Å².